The first kappa shape index (κ1) is 21.2. The summed E-state index contributed by atoms with van der Waals surface area (Å²) >= 11 is 1.23. The third kappa shape index (κ3) is 5.52. The van der Waals surface area contributed by atoms with Crippen LogP contribution in [0, 0.1) is 11.3 Å². The number of amides is 1. The number of aromatic nitrogens is 1. The van der Waals surface area contributed by atoms with Crippen LogP contribution in [-0.2, 0) is 4.79 Å². The highest BCUT2D eigenvalue weighted by molar-refractivity contribution is 8.00. The van der Waals surface area contributed by atoms with Crippen LogP contribution in [0.3, 0.4) is 0 Å². The van der Waals surface area contributed by atoms with Crippen LogP contribution < -0.4 is 14.8 Å². The van der Waals surface area contributed by atoms with Crippen LogP contribution in [0.5, 0.6) is 11.5 Å². The van der Waals surface area contributed by atoms with Gasteiger partial charge in [-0.2, -0.15) is 5.26 Å². The molecule has 1 heterocycles. The van der Waals surface area contributed by atoms with Gasteiger partial charge in [0.2, 0.25) is 5.91 Å². The number of ether oxygens (including phenoxy) is 2. The summed E-state index contributed by atoms with van der Waals surface area (Å²) in [5, 5.41) is 12.7. The van der Waals surface area contributed by atoms with E-state index in [0.717, 1.165) is 17.1 Å². The van der Waals surface area contributed by atoms with Crippen LogP contribution in [-0.4, -0.2) is 30.4 Å². The highest BCUT2D eigenvalue weighted by atomic mass is 32.2. The molecule has 0 unspecified atom stereocenters. The Bertz CT molecular complexity index is 1060. The van der Waals surface area contributed by atoms with E-state index in [0.29, 0.717) is 28.6 Å². The Labute approximate surface area is 179 Å². The van der Waals surface area contributed by atoms with E-state index < -0.39 is 0 Å². The van der Waals surface area contributed by atoms with Gasteiger partial charge in [-0.15, -0.1) is 0 Å². The van der Waals surface area contributed by atoms with Crippen molar-refractivity contribution in [3.63, 3.8) is 0 Å². The lowest BCUT2D eigenvalue weighted by Gasteiger charge is -2.09. The predicted octanol–water partition coefficient (Wildman–Crippen LogP) is 4.76. The summed E-state index contributed by atoms with van der Waals surface area (Å²) in [6.45, 7) is 2.51. The van der Waals surface area contributed by atoms with Gasteiger partial charge < -0.3 is 14.8 Å². The molecule has 0 saturated carbocycles. The van der Waals surface area contributed by atoms with E-state index in [1.807, 2.05) is 31.2 Å². The Morgan fingerprint density at radius 2 is 1.93 bits per heavy atom. The molecule has 6 nitrogen and oxygen atoms in total. The Kier molecular flexibility index (Phi) is 7.30. The lowest BCUT2D eigenvalue weighted by molar-refractivity contribution is -0.113. The zero-order chi connectivity index (χ0) is 21.3. The number of thioether (sulfide) groups is 1. The van der Waals surface area contributed by atoms with Crippen molar-refractivity contribution >= 4 is 23.4 Å². The minimum absolute atomic E-state index is 0.135. The fourth-order valence-corrected chi connectivity index (χ4v) is 3.48. The summed E-state index contributed by atoms with van der Waals surface area (Å²) in [5.41, 5.74) is 2.70. The molecule has 0 aliphatic rings. The van der Waals surface area contributed by atoms with Crippen molar-refractivity contribution in [3.05, 3.63) is 66.2 Å². The number of methoxy groups -OCH3 is 1. The molecule has 30 heavy (non-hydrogen) atoms. The molecule has 3 aromatic rings. The van der Waals surface area contributed by atoms with E-state index in [1.54, 1.807) is 43.5 Å². The van der Waals surface area contributed by atoms with Gasteiger partial charge in [0.15, 0.2) is 0 Å². The SMILES string of the molecule is CCOc1ccc(NC(=O)CSc2nc(-c3cccc(OC)c3)ccc2C#N)cc1. The van der Waals surface area contributed by atoms with Gasteiger partial charge in [-0.1, -0.05) is 23.9 Å². The first-order chi connectivity index (χ1) is 14.6. The summed E-state index contributed by atoms with van der Waals surface area (Å²) in [6.07, 6.45) is 0. The number of carbonyl (C=O) groups excluding carboxylic acids is 1. The van der Waals surface area contributed by atoms with Crippen LogP contribution in [0.2, 0.25) is 0 Å². The van der Waals surface area contributed by atoms with E-state index >= 15 is 0 Å². The van der Waals surface area contributed by atoms with Gasteiger partial charge >= 0.3 is 0 Å². The number of pyridine rings is 1. The second kappa shape index (κ2) is 10.3. The number of nitriles is 1. The van der Waals surface area contributed by atoms with E-state index in [2.05, 4.69) is 16.4 Å². The standard InChI is InChI=1S/C23H21N3O3S/c1-3-29-19-10-8-18(9-11-19)25-22(27)15-30-23-17(14-24)7-12-21(26-23)16-5-4-6-20(13-16)28-2/h4-13H,3,15H2,1-2H3,(H,25,27). The normalized spacial score (nSPS) is 10.2. The monoisotopic (exact) mass is 419 g/mol. The lowest BCUT2D eigenvalue weighted by atomic mass is 10.1. The number of carbonyl (C=O) groups is 1. The van der Waals surface area contributed by atoms with Crippen LogP contribution in [0.1, 0.15) is 12.5 Å². The van der Waals surface area contributed by atoms with Gasteiger partial charge in [0, 0.05) is 11.3 Å². The minimum Gasteiger partial charge on any atom is -0.497 e. The third-order valence-corrected chi connectivity index (χ3v) is 5.13. The highest BCUT2D eigenvalue weighted by Crippen LogP contribution is 2.27. The first-order valence-corrected chi connectivity index (χ1v) is 10.3. The third-order valence-electron chi connectivity index (χ3n) is 4.14. The van der Waals surface area contributed by atoms with Crippen molar-refractivity contribution in [2.45, 2.75) is 11.9 Å². The second-order valence-electron chi connectivity index (χ2n) is 6.19. The average Bonchev–Trinajstić information content (AvgIpc) is 2.79. The van der Waals surface area contributed by atoms with Crippen molar-refractivity contribution in [2.75, 3.05) is 24.8 Å². The summed E-state index contributed by atoms with van der Waals surface area (Å²) in [6, 6.07) is 20.4. The largest absolute Gasteiger partial charge is 0.497 e. The van der Waals surface area contributed by atoms with Crippen LogP contribution in [0.15, 0.2) is 65.7 Å². The molecule has 0 fully saturated rings. The molecule has 0 saturated heterocycles. The zero-order valence-electron chi connectivity index (χ0n) is 16.7. The molecule has 0 aliphatic carbocycles. The van der Waals surface area contributed by atoms with Crippen LogP contribution >= 0.6 is 11.8 Å². The maximum absolute atomic E-state index is 12.3. The van der Waals surface area contributed by atoms with Gasteiger partial charge in [-0.05, 0) is 55.5 Å². The number of benzene rings is 2. The average molecular weight is 420 g/mol. The Hall–Kier alpha value is -3.50. The summed E-state index contributed by atoms with van der Waals surface area (Å²) in [7, 11) is 1.61. The molecule has 1 aromatic heterocycles. The van der Waals surface area contributed by atoms with Crippen molar-refractivity contribution in [3.8, 4) is 28.8 Å². The first-order valence-electron chi connectivity index (χ1n) is 9.34. The van der Waals surface area contributed by atoms with E-state index in [1.165, 1.54) is 11.8 Å². The highest BCUT2D eigenvalue weighted by Gasteiger charge is 2.11. The summed E-state index contributed by atoms with van der Waals surface area (Å²) in [5.74, 6) is 1.43. The number of rotatable bonds is 8. The molecule has 0 spiro atoms. The fraction of sp³-hybridized carbons (Fsp3) is 0.174. The van der Waals surface area contributed by atoms with E-state index in [4.69, 9.17) is 9.47 Å². The van der Waals surface area contributed by atoms with Crippen molar-refractivity contribution in [1.29, 1.82) is 5.26 Å². The maximum Gasteiger partial charge on any atom is 0.234 e. The second-order valence-corrected chi connectivity index (χ2v) is 7.15. The predicted molar refractivity (Wildman–Crippen MR) is 118 cm³/mol. The molecule has 0 radical (unpaired) electrons. The minimum atomic E-state index is -0.179. The summed E-state index contributed by atoms with van der Waals surface area (Å²) < 4.78 is 10.7. The van der Waals surface area contributed by atoms with E-state index in [9.17, 15) is 10.1 Å². The van der Waals surface area contributed by atoms with Gasteiger partial charge in [-0.25, -0.2) is 4.98 Å². The topological polar surface area (TPSA) is 84.2 Å². The molecule has 0 bridgehead atoms. The molecule has 3 rings (SSSR count). The number of hydrogen-bond donors (Lipinski definition) is 1. The lowest BCUT2D eigenvalue weighted by Crippen LogP contribution is -2.14. The smallest absolute Gasteiger partial charge is 0.234 e. The molecule has 2 aromatic carbocycles. The number of hydrogen-bond acceptors (Lipinski definition) is 6. The molecule has 0 aliphatic heterocycles. The maximum atomic E-state index is 12.3. The molecular weight excluding hydrogens is 398 g/mol. The fourth-order valence-electron chi connectivity index (χ4n) is 2.71. The number of nitrogens with one attached hydrogen (secondary N) is 1. The van der Waals surface area contributed by atoms with E-state index in [-0.39, 0.29) is 11.7 Å². The summed E-state index contributed by atoms with van der Waals surface area (Å²) in [4.78, 5) is 16.9. The molecule has 1 N–H and O–H groups in total. The molecule has 152 valence electrons. The van der Waals surface area contributed by atoms with Crippen molar-refractivity contribution in [1.82, 2.24) is 4.98 Å². The molecule has 7 heteroatoms. The van der Waals surface area contributed by atoms with Gasteiger partial charge in [0.1, 0.15) is 22.6 Å². The van der Waals surface area contributed by atoms with Gasteiger partial charge in [0.25, 0.3) is 0 Å². The Morgan fingerprint density at radius 3 is 2.63 bits per heavy atom. The zero-order valence-corrected chi connectivity index (χ0v) is 17.5. The van der Waals surface area contributed by atoms with Crippen LogP contribution in [0.25, 0.3) is 11.3 Å². The number of anilines is 1. The van der Waals surface area contributed by atoms with Gasteiger partial charge in [-0.3, -0.25) is 4.79 Å². The Balaban J connectivity index is 1.69. The molecule has 0 atom stereocenters. The van der Waals surface area contributed by atoms with Gasteiger partial charge in [0.05, 0.1) is 30.7 Å². The Morgan fingerprint density at radius 1 is 1.13 bits per heavy atom. The van der Waals surface area contributed by atoms with Crippen molar-refractivity contribution in [2.24, 2.45) is 0 Å². The quantitative estimate of drug-likeness (QED) is 0.530. The van der Waals surface area contributed by atoms with Crippen LogP contribution in [0.4, 0.5) is 5.69 Å². The van der Waals surface area contributed by atoms with Crippen molar-refractivity contribution < 1.29 is 14.3 Å². The number of nitrogens with zero attached hydrogens (tertiary/aromatic N) is 2. The molecule has 1 amide bonds. The molecular formula is C23H21N3O3S.